The summed E-state index contributed by atoms with van der Waals surface area (Å²) in [5.74, 6) is 0.282. The van der Waals surface area contributed by atoms with Crippen LogP contribution in [0, 0.1) is 5.82 Å². The highest BCUT2D eigenvalue weighted by atomic mass is 19.1. The molecule has 0 bridgehead atoms. The van der Waals surface area contributed by atoms with Crippen LogP contribution in [0.3, 0.4) is 0 Å². The van der Waals surface area contributed by atoms with E-state index in [4.69, 9.17) is 5.73 Å². The predicted molar refractivity (Wildman–Crippen MR) is 52.4 cm³/mol. The van der Waals surface area contributed by atoms with Crippen molar-refractivity contribution in [1.29, 1.82) is 0 Å². The van der Waals surface area contributed by atoms with Gasteiger partial charge in [0.25, 0.3) is 0 Å². The molecule has 1 aromatic heterocycles. The molecule has 0 aliphatic carbocycles. The highest BCUT2D eigenvalue weighted by molar-refractivity contribution is 5.40. The molecule has 15 heavy (non-hydrogen) atoms. The van der Waals surface area contributed by atoms with E-state index in [1.54, 1.807) is 12.1 Å². The normalized spacial score (nSPS) is 10.5. The van der Waals surface area contributed by atoms with Crippen LogP contribution in [0.1, 0.15) is 11.4 Å². The molecule has 6 heteroatoms. The maximum absolute atomic E-state index is 13.3. The lowest BCUT2D eigenvalue weighted by molar-refractivity contribution is 0.608. The fourth-order valence-electron chi connectivity index (χ4n) is 1.30. The smallest absolute Gasteiger partial charge is 0.174 e. The Balaban J connectivity index is 2.05. The molecule has 0 saturated carbocycles. The molecule has 0 saturated heterocycles. The number of aromatic nitrogens is 4. The summed E-state index contributed by atoms with van der Waals surface area (Å²) in [4.78, 5) is 0. The quantitative estimate of drug-likeness (QED) is 0.726. The van der Waals surface area contributed by atoms with Crippen molar-refractivity contribution in [3.63, 3.8) is 0 Å². The number of nitrogens with zero attached hydrogens (tertiary/aromatic N) is 3. The molecule has 3 N–H and O–H groups in total. The number of aryl methyl sites for hydroxylation is 2. The van der Waals surface area contributed by atoms with Gasteiger partial charge < -0.3 is 5.73 Å². The highest BCUT2D eigenvalue weighted by Crippen LogP contribution is 2.13. The largest absolute Gasteiger partial charge is 0.399 e. The minimum atomic E-state index is -0.293. The van der Waals surface area contributed by atoms with Crippen LogP contribution in [-0.2, 0) is 12.8 Å². The van der Waals surface area contributed by atoms with Gasteiger partial charge in [-0.2, -0.15) is 5.21 Å². The number of benzene rings is 1. The topological polar surface area (TPSA) is 80.5 Å². The summed E-state index contributed by atoms with van der Waals surface area (Å²) in [5.41, 5.74) is 6.47. The van der Waals surface area contributed by atoms with Gasteiger partial charge in [0, 0.05) is 12.1 Å². The number of nitrogens with one attached hydrogen (secondary N) is 1. The summed E-state index contributed by atoms with van der Waals surface area (Å²) in [6.07, 6.45) is 1.09. The summed E-state index contributed by atoms with van der Waals surface area (Å²) in [6.45, 7) is 0. The number of nitrogen functional groups attached to an aromatic ring is 1. The van der Waals surface area contributed by atoms with Gasteiger partial charge in [-0.3, -0.25) is 0 Å². The molecule has 0 fully saturated rings. The van der Waals surface area contributed by atoms with Crippen molar-refractivity contribution in [2.24, 2.45) is 0 Å². The second-order valence-electron chi connectivity index (χ2n) is 3.18. The lowest BCUT2D eigenvalue weighted by atomic mass is 10.1. The van der Waals surface area contributed by atoms with Gasteiger partial charge in [-0.05, 0) is 24.1 Å². The summed E-state index contributed by atoms with van der Waals surface area (Å²) in [6, 6.07) is 4.66. The first-order valence-corrected chi connectivity index (χ1v) is 4.52. The van der Waals surface area contributed by atoms with E-state index in [0.717, 1.165) is 0 Å². The Morgan fingerprint density at radius 2 is 2.20 bits per heavy atom. The second kappa shape index (κ2) is 4.04. The Bertz CT molecular complexity index is 440. The van der Waals surface area contributed by atoms with Crippen LogP contribution in [0.25, 0.3) is 0 Å². The molecule has 0 spiro atoms. The average molecular weight is 207 g/mol. The van der Waals surface area contributed by atoms with Crippen molar-refractivity contribution in [2.75, 3.05) is 5.73 Å². The van der Waals surface area contributed by atoms with Gasteiger partial charge in [0.2, 0.25) is 0 Å². The fraction of sp³-hybridized carbons (Fsp3) is 0.222. The van der Waals surface area contributed by atoms with Crippen LogP contribution in [0.15, 0.2) is 18.2 Å². The maximum atomic E-state index is 13.3. The van der Waals surface area contributed by atoms with E-state index >= 15 is 0 Å². The Hall–Kier alpha value is -1.98. The van der Waals surface area contributed by atoms with Gasteiger partial charge in [0.15, 0.2) is 5.82 Å². The van der Waals surface area contributed by atoms with E-state index in [0.29, 0.717) is 29.9 Å². The number of nitrogens with two attached hydrogens (primary N) is 1. The molecule has 5 nitrogen and oxygen atoms in total. The number of halogens is 1. The van der Waals surface area contributed by atoms with Crippen molar-refractivity contribution in [3.05, 3.63) is 35.4 Å². The van der Waals surface area contributed by atoms with Crippen LogP contribution in [0.2, 0.25) is 0 Å². The van der Waals surface area contributed by atoms with Gasteiger partial charge in [0.1, 0.15) is 5.82 Å². The molecular weight excluding hydrogens is 197 g/mol. The first-order valence-electron chi connectivity index (χ1n) is 4.52. The van der Waals surface area contributed by atoms with Crippen LogP contribution in [0.5, 0.6) is 0 Å². The van der Waals surface area contributed by atoms with Gasteiger partial charge in [0.05, 0.1) is 0 Å². The van der Waals surface area contributed by atoms with Crippen LogP contribution >= 0.6 is 0 Å². The van der Waals surface area contributed by atoms with E-state index in [-0.39, 0.29) is 5.82 Å². The number of hydrogen-bond acceptors (Lipinski definition) is 4. The molecule has 0 atom stereocenters. The third-order valence-electron chi connectivity index (χ3n) is 2.08. The Labute approximate surface area is 85.5 Å². The zero-order valence-corrected chi connectivity index (χ0v) is 7.94. The highest BCUT2D eigenvalue weighted by Gasteiger charge is 2.04. The molecule has 0 unspecified atom stereocenters. The lowest BCUT2D eigenvalue weighted by Gasteiger charge is -2.01. The van der Waals surface area contributed by atoms with E-state index < -0.39 is 0 Å². The zero-order chi connectivity index (χ0) is 10.7. The molecule has 2 aromatic rings. The number of anilines is 1. The third-order valence-corrected chi connectivity index (χ3v) is 2.08. The molecule has 78 valence electrons. The van der Waals surface area contributed by atoms with Crippen molar-refractivity contribution in [2.45, 2.75) is 12.8 Å². The van der Waals surface area contributed by atoms with Gasteiger partial charge >= 0.3 is 0 Å². The summed E-state index contributed by atoms with van der Waals surface area (Å²) in [5, 5.41) is 13.3. The number of hydrogen-bond donors (Lipinski definition) is 2. The second-order valence-corrected chi connectivity index (χ2v) is 3.18. The lowest BCUT2D eigenvalue weighted by Crippen LogP contribution is -1.98. The summed E-state index contributed by atoms with van der Waals surface area (Å²) in [7, 11) is 0. The van der Waals surface area contributed by atoms with Crippen molar-refractivity contribution in [3.8, 4) is 0 Å². The van der Waals surface area contributed by atoms with Crippen molar-refractivity contribution < 1.29 is 4.39 Å². The molecular formula is C9H10FN5. The van der Waals surface area contributed by atoms with E-state index in [2.05, 4.69) is 20.6 Å². The Morgan fingerprint density at radius 3 is 2.87 bits per heavy atom. The van der Waals surface area contributed by atoms with Crippen LogP contribution < -0.4 is 5.73 Å². The first-order chi connectivity index (χ1) is 7.25. The van der Waals surface area contributed by atoms with Crippen molar-refractivity contribution in [1.82, 2.24) is 20.6 Å². The minimum absolute atomic E-state index is 0.293. The summed E-state index contributed by atoms with van der Waals surface area (Å²) < 4.78 is 13.3. The number of H-pyrrole nitrogens is 1. The zero-order valence-electron chi connectivity index (χ0n) is 7.94. The van der Waals surface area contributed by atoms with Crippen molar-refractivity contribution >= 4 is 5.69 Å². The first kappa shape index (κ1) is 9.57. The van der Waals surface area contributed by atoms with E-state index in [1.165, 1.54) is 6.07 Å². The Morgan fingerprint density at radius 1 is 1.33 bits per heavy atom. The van der Waals surface area contributed by atoms with Crippen LogP contribution in [0.4, 0.5) is 10.1 Å². The minimum Gasteiger partial charge on any atom is -0.399 e. The molecule has 2 rings (SSSR count). The Kier molecular flexibility index (Phi) is 2.57. The molecule has 0 amide bonds. The third kappa shape index (κ3) is 2.28. The molecule has 1 aromatic carbocycles. The fourth-order valence-corrected chi connectivity index (χ4v) is 1.30. The molecule has 0 aliphatic rings. The monoisotopic (exact) mass is 207 g/mol. The number of tetrazole rings is 1. The number of aromatic amines is 1. The average Bonchev–Trinajstić information content (AvgIpc) is 2.69. The van der Waals surface area contributed by atoms with E-state index in [9.17, 15) is 4.39 Å². The van der Waals surface area contributed by atoms with Gasteiger partial charge in [-0.25, -0.2) is 4.39 Å². The van der Waals surface area contributed by atoms with Crippen LogP contribution in [-0.4, -0.2) is 20.6 Å². The SMILES string of the molecule is Nc1ccc(CCc2nn[nH]n2)c(F)c1. The number of rotatable bonds is 3. The summed E-state index contributed by atoms with van der Waals surface area (Å²) >= 11 is 0. The molecule has 0 aliphatic heterocycles. The van der Waals surface area contributed by atoms with E-state index in [1.807, 2.05) is 0 Å². The molecule has 1 heterocycles. The molecule has 0 radical (unpaired) electrons. The van der Waals surface area contributed by atoms with Gasteiger partial charge in [-0.1, -0.05) is 11.3 Å². The van der Waals surface area contributed by atoms with Gasteiger partial charge in [-0.15, -0.1) is 10.2 Å². The maximum Gasteiger partial charge on any atom is 0.174 e. The predicted octanol–water partition coefficient (Wildman–Crippen LogP) is 0.706. The standard InChI is InChI=1S/C9H10FN5/c10-8-5-7(11)3-1-6(8)2-4-9-12-14-15-13-9/h1,3,5H,2,4,11H2,(H,12,13,14,15).